The summed E-state index contributed by atoms with van der Waals surface area (Å²) in [5.74, 6) is 0.122. The van der Waals surface area contributed by atoms with Crippen molar-refractivity contribution in [1.82, 2.24) is 9.88 Å². The summed E-state index contributed by atoms with van der Waals surface area (Å²) in [6.45, 7) is 0.606. The second-order valence-electron chi connectivity index (χ2n) is 5.64. The maximum atomic E-state index is 12.6. The number of hydrogen-bond acceptors (Lipinski definition) is 3. The lowest BCUT2D eigenvalue weighted by molar-refractivity contribution is 0.0789. The van der Waals surface area contributed by atoms with Crippen LogP contribution in [0.2, 0.25) is 0 Å². The average molecular weight is 300 g/mol. The summed E-state index contributed by atoms with van der Waals surface area (Å²) in [5.41, 5.74) is 2.46. The van der Waals surface area contributed by atoms with Crippen LogP contribution in [-0.4, -0.2) is 22.8 Å². The van der Waals surface area contributed by atoms with Crippen molar-refractivity contribution < 1.29 is 4.79 Å². The Hall–Kier alpha value is -1.68. The maximum Gasteiger partial charge on any atom is 0.263 e. The van der Waals surface area contributed by atoms with Crippen molar-refractivity contribution in [3.05, 3.63) is 51.5 Å². The standard InChI is InChI=1S/C17H20N2OS/c1-19(12-13-6-5-9-18-11-13)17(20)16-10-14-7-3-2-4-8-15(14)21-16/h5-6,9-11H,2-4,7-8,12H2,1H3. The van der Waals surface area contributed by atoms with Crippen LogP contribution in [0.3, 0.4) is 0 Å². The summed E-state index contributed by atoms with van der Waals surface area (Å²) in [5, 5.41) is 0. The molecule has 4 heteroatoms. The number of fused-ring (bicyclic) bond motifs is 1. The van der Waals surface area contributed by atoms with Gasteiger partial charge in [0.1, 0.15) is 0 Å². The van der Waals surface area contributed by atoms with Crippen LogP contribution in [0.1, 0.15) is 44.9 Å². The molecule has 0 aromatic carbocycles. The van der Waals surface area contributed by atoms with Crippen LogP contribution >= 0.6 is 11.3 Å². The molecule has 0 unspecified atom stereocenters. The molecule has 0 saturated carbocycles. The Kier molecular flexibility index (Phi) is 4.34. The molecule has 110 valence electrons. The van der Waals surface area contributed by atoms with Crippen LogP contribution in [0.5, 0.6) is 0 Å². The van der Waals surface area contributed by atoms with Crippen molar-refractivity contribution in [2.75, 3.05) is 7.05 Å². The Bertz CT molecular complexity index is 597. The average Bonchev–Trinajstić information content (AvgIpc) is 2.78. The maximum absolute atomic E-state index is 12.6. The van der Waals surface area contributed by atoms with Gasteiger partial charge in [0, 0.05) is 30.9 Å². The highest BCUT2D eigenvalue weighted by atomic mass is 32.1. The highest BCUT2D eigenvalue weighted by molar-refractivity contribution is 7.14. The molecule has 0 spiro atoms. The SMILES string of the molecule is CN(Cc1cccnc1)C(=O)c1cc2c(s1)CCCCC2. The van der Waals surface area contributed by atoms with Crippen LogP contribution in [0.4, 0.5) is 0 Å². The van der Waals surface area contributed by atoms with E-state index in [1.54, 1.807) is 22.4 Å². The molecular weight excluding hydrogens is 280 g/mol. The fourth-order valence-electron chi connectivity index (χ4n) is 2.80. The predicted octanol–water partition coefficient (Wildman–Crippen LogP) is 3.68. The first kappa shape index (κ1) is 14.3. The third kappa shape index (κ3) is 3.32. The molecule has 0 atom stereocenters. The molecule has 0 radical (unpaired) electrons. The zero-order valence-electron chi connectivity index (χ0n) is 12.3. The first-order valence-corrected chi connectivity index (χ1v) is 8.31. The second kappa shape index (κ2) is 6.39. The molecule has 1 aliphatic carbocycles. The molecule has 0 N–H and O–H groups in total. The van der Waals surface area contributed by atoms with Gasteiger partial charge in [0.25, 0.3) is 5.91 Å². The summed E-state index contributed by atoms with van der Waals surface area (Å²) in [6.07, 6.45) is 9.65. The number of carbonyl (C=O) groups excluding carboxylic acids is 1. The number of carbonyl (C=O) groups is 1. The molecule has 2 aromatic rings. The van der Waals surface area contributed by atoms with Gasteiger partial charge in [0.2, 0.25) is 0 Å². The van der Waals surface area contributed by atoms with Gasteiger partial charge in [0.15, 0.2) is 0 Å². The number of amides is 1. The van der Waals surface area contributed by atoms with E-state index in [0.717, 1.165) is 23.3 Å². The van der Waals surface area contributed by atoms with Gasteiger partial charge >= 0.3 is 0 Å². The molecule has 0 bridgehead atoms. The highest BCUT2D eigenvalue weighted by Gasteiger charge is 2.19. The zero-order chi connectivity index (χ0) is 14.7. The van der Waals surface area contributed by atoms with E-state index in [0.29, 0.717) is 6.54 Å². The van der Waals surface area contributed by atoms with E-state index in [1.807, 2.05) is 25.4 Å². The van der Waals surface area contributed by atoms with Gasteiger partial charge in [-0.2, -0.15) is 0 Å². The summed E-state index contributed by atoms with van der Waals surface area (Å²) < 4.78 is 0. The van der Waals surface area contributed by atoms with E-state index in [4.69, 9.17) is 0 Å². The van der Waals surface area contributed by atoms with Crippen molar-refractivity contribution in [3.8, 4) is 0 Å². The van der Waals surface area contributed by atoms with Gasteiger partial charge in [-0.1, -0.05) is 12.5 Å². The minimum Gasteiger partial charge on any atom is -0.337 e. The number of hydrogen-bond donors (Lipinski definition) is 0. The molecule has 1 aliphatic rings. The van der Waals surface area contributed by atoms with Crippen molar-refractivity contribution in [1.29, 1.82) is 0 Å². The monoisotopic (exact) mass is 300 g/mol. The van der Waals surface area contributed by atoms with Gasteiger partial charge in [-0.05, 0) is 48.9 Å². The lowest BCUT2D eigenvalue weighted by Gasteiger charge is -2.16. The van der Waals surface area contributed by atoms with Crippen LogP contribution < -0.4 is 0 Å². The van der Waals surface area contributed by atoms with Crippen molar-refractivity contribution >= 4 is 17.2 Å². The largest absolute Gasteiger partial charge is 0.337 e. The smallest absolute Gasteiger partial charge is 0.263 e. The van der Waals surface area contributed by atoms with E-state index >= 15 is 0 Å². The number of nitrogens with zero attached hydrogens (tertiary/aromatic N) is 2. The molecular formula is C17H20N2OS. The molecule has 0 aliphatic heterocycles. The molecule has 3 rings (SSSR count). The third-order valence-corrected chi connectivity index (χ3v) is 5.17. The van der Waals surface area contributed by atoms with Gasteiger partial charge in [-0.15, -0.1) is 11.3 Å². The highest BCUT2D eigenvalue weighted by Crippen LogP contribution is 2.29. The quantitative estimate of drug-likeness (QED) is 0.810. The second-order valence-corrected chi connectivity index (χ2v) is 6.78. The Balaban J connectivity index is 1.73. The molecule has 3 nitrogen and oxygen atoms in total. The molecule has 2 aromatic heterocycles. The first-order valence-electron chi connectivity index (χ1n) is 7.50. The summed E-state index contributed by atoms with van der Waals surface area (Å²) in [4.78, 5) is 20.8. The van der Waals surface area contributed by atoms with E-state index in [2.05, 4.69) is 11.1 Å². The van der Waals surface area contributed by atoms with Gasteiger partial charge < -0.3 is 4.90 Å². The normalized spacial score (nSPS) is 14.3. The van der Waals surface area contributed by atoms with Crippen LogP contribution in [0.25, 0.3) is 0 Å². The molecule has 1 amide bonds. The Morgan fingerprint density at radius 2 is 2.19 bits per heavy atom. The van der Waals surface area contributed by atoms with Crippen molar-refractivity contribution in [2.45, 2.75) is 38.6 Å². The Morgan fingerprint density at radius 1 is 1.33 bits per heavy atom. The summed E-state index contributed by atoms with van der Waals surface area (Å²) in [6, 6.07) is 6.02. The third-order valence-electron chi connectivity index (χ3n) is 3.95. The van der Waals surface area contributed by atoms with Gasteiger partial charge in [0.05, 0.1) is 4.88 Å². The lowest BCUT2D eigenvalue weighted by Crippen LogP contribution is -2.25. The van der Waals surface area contributed by atoms with Crippen molar-refractivity contribution in [2.24, 2.45) is 0 Å². The lowest BCUT2D eigenvalue weighted by atomic mass is 10.1. The molecule has 21 heavy (non-hydrogen) atoms. The zero-order valence-corrected chi connectivity index (χ0v) is 13.2. The molecule has 0 fully saturated rings. The summed E-state index contributed by atoms with van der Waals surface area (Å²) in [7, 11) is 1.86. The fraction of sp³-hybridized carbons (Fsp3) is 0.412. The number of rotatable bonds is 3. The Labute approximate surface area is 129 Å². The fourth-order valence-corrected chi connectivity index (χ4v) is 4.05. The summed E-state index contributed by atoms with van der Waals surface area (Å²) >= 11 is 1.69. The molecule has 2 heterocycles. The van der Waals surface area contributed by atoms with Crippen molar-refractivity contribution in [3.63, 3.8) is 0 Å². The van der Waals surface area contributed by atoms with Gasteiger partial charge in [-0.25, -0.2) is 0 Å². The minimum absolute atomic E-state index is 0.122. The van der Waals surface area contributed by atoms with E-state index in [9.17, 15) is 4.79 Å². The number of thiophene rings is 1. The molecule has 0 saturated heterocycles. The van der Waals surface area contributed by atoms with E-state index in [1.165, 1.54) is 29.7 Å². The topological polar surface area (TPSA) is 33.2 Å². The number of aryl methyl sites for hydroxylation is 2. The van der Waals surface area contributed by atoms with E-state index < -0.39 is 0 Å². The Morgan fingerprint density at radius 3 is 3.00 bits per heavy atom. The number of pyridine rings is 1. The van der Waals surface area contributed by atoms with Crippen LogP contribution in [-0.2, 0) is 19.4 Å². The predicted molar refractivity (Wildman–Crippen MR) is 85.6 cm³/mol. The number of aromatic nitrogens is 1. The van der Waals surface area contributed by atoms with E-state index in [-0.39, 0.29) is 5.91 Å². The van der Waals surface area contributed by atoms with Crippen LogP contribution in [0.15, 0.2) is 30.6 Å². The van der Waals surface area contributed by atoms with Crippen LogP contribution in [0, 0.1) is 0 Å². The van der Waals surface area contributed by atoms with Gasteiger partial charge in [-0.3, -0.25) is 9.78 Å². The minimum atomic E-state index is 0.122. The first-order chi connectivity index (χ1) is 10.2.